The van der Waals surface area contributed by atoms with Crippen LogP contribution in [0.1, 0.15) is 0 Å². The Bertz CT molecular complexity index is 895. The summed E-state index contributed by atoms with van der Waals surface area (Å²) in [5, 5.41) is 3.64. The standard InChI is InChI=1S/C14H12N4O2S/c1-21(19,20)14-16-9-10-7-8-15-13(12(10)18-14)17-11-5-3-2-4-6-11/h2-9H,1H3,(H,15,17). The van der Waals surface area contributed by atoms with E-state index < -0.39 is 9.84 Å². The van der Waals surface area contributed by atoms with Gasteiger partial charge in [-0.1, -0.05) is 18.2 Å². The third kappa shape index (κ3) is 2.82. The summed E-state index contributed by atoms with van der Waals surface area (Å²) < 4.78 is 23.2. The summed E-state index contributed by atoms with van der Waals surface area (Å²) in [6.07, 6.45) is 4.18. The highest BCUT2D eigenvalue weighted by Crippen LogP contribution is 2.22. The Morgan fingerprint density at radius 2 is 1.81 bits per heavy atom. The Kier molecular flexibility index (Phi) is 3.26. The molecule has 0 saturated heterocycles. The van der Waals surface area contributed by atoms with Crippen LogP contribution < -0.4 is 5.32 Å². The molecule has 106 valence electrons. The smallest absolute Gasteiger partial charge is 0.247 e. The van der Waals surface area contributed by atoms with E-state index in [9.17, 15) is 8.42 Å². The third-order valence-corrected chi connectivity index (χ3v) is 3.71. The van der Waals surface area contributed by atoms with Crippen molar-refractivity contribution >= 4 is 32.2 Å². The molecule has 2 heterocycles. The van der Waals surface area contributed by atoms with Crippen molar-refractivity contribution in [2.45, 2.75) is 5.16 Å². The Morgan fingerprint density at radius 3 is 2.52 bits per heavy atom. The molecule has 3 aromatic rings. The second kappa shape index (κ2) is 5.10. The fourth-order valence-electron chi connectivity index (χ4n) is 1.87. The quantitative estimate of drug-likeness (QED) is 0.746. The van der Waals surface area contributed by atoms with Crippen LogP contribution in [-0.2, 0) is 9.84 Å². The van der Waals surface area contributed by atoms with E-state index in [1.807, 2.05) is 30.3 Å². The molecule has 6 nitrogen and oxygen atoms in total. The van der Waals surface area contributed by atoms with Gasteiger partial charge in [0, 0.05) is 29.7 Å². The first-order valence-electron chi connectivity index (χ1n) is 6.18. The van der Waals surface area contributed by atoms with Crippen LogP contribution in [0.25, 0.3) is 10.9 Å². The molecule has 7 heteroatoms. The first-order valence-corrected chi connectivity index (χ1v) is 8.07. The van der Waals surface area contributed by atoms with Crippen LogP contribution >= 0.6 is 0 Å². The number of rotatable bonds is 3. The van der Waals surface area contributed by atoms with Crippen molar-refractivity contribution in [3.8, 4) is 0 Å². The van der Waals surface area contributed by atoms with E-state index in [1.54, 1.807) is 12.3 Å². The van der Waals surface area contributed by atoms with Crippen LogP contribution in [0.4, 0.5) is 11.5 Å². The molecule has 1 aromatic carbocycles. The molecule has 3 rings (SSSR count). The summed E-state index contributed by atoms with van der Waals surface area (Å²) in [6.45, 7) is 0. The van der Waals surface area contributed by atoms with Gasteiger partial charge in [0.25, 0.3) is 0 Å². The number of sulfone groups is 1. The van der Waals surface area contributed by atoms with Gasteiger partial charge in [-0.05, 0) is 18.2 Å². The first kappa shape index (κ1) is 13.4. The van der Waals surface area contributed by atoms with Crippen LogP contribution in [0, 0.1) is 0 Å². The number of hydrogen-bond donors (Lipinski definition) is 1. The van der Waals surface area contributed by atoms with Gasteiger partial charge in [-0.3, -0.25) is 0 Å². The number of benzene rings is 1. The molecule has 0 radical (unpaired) electrons. The third-order valence-electron chi connectivity index (χ3n) is 2.85. The molecule has 21 heavy (non-hydrogen) atoms. The second-order valence-electron chi connectivity index (χ2n) is 4.51. The number of para-hydroxylation sites is 1. The van der Waals surface area contributed by atoms with E-state index in [4.69, 9.17) is 0 Å². The number of nitrogens with zero attached hydrogens (tertiary/aromatic N) is 3. The van der Waals surface area contributed by atoms with Crippen molar-refractivity contribution in [3.05, 3.63) is 48.8 Å². The first-order chi connectivity index (χ1) is 10.0. The van der Waals surface area contributed by atoms with Crippen LogP contribution in [0.3, 0.4) is 0 Å². The lowest BCUT2D eigenvalue weighted by molar-refractivity contribution is 0.594. The second-order valence-corrected chi connectivity index (χ2v) is 6.42. The Balaban J connectivity index is 2.14. The predicted molar refractivity (Wildman–Crippen MR) is 80.2 cm³/mol. The molecule has 0 bridgehead atoms. The zero-order valence-corrected chi connectivity index (χ0v) is 12.0. The largest absolute Gasteiger partial charge is 0.338 e. The van der Waals surface area contributed by atoms with Crippen LogP contribution in [0.5, 0.6) is 0 Å². The SMILES string of the molecule is CS(=O)(=O)c1ncc2ccnc(Nc3ccccc3)c2n1. The summed E-state index contributed by atoms with van der Waals surface area (Å²) in [7, 11) is -3.46. The minimum absolute atomic E-state index is 0.209. The van der Waals surface area contributed by atoms with Crippen molar-refractivity contribution in [2.24, 2.45) is 0 Å². The number of nitrogens with one attached hydrogen (secondary N) is 1. The monoisotopic (exact) mass is 300 g/mol. The summed E-state index contributed by atoms with van der Waals surface area (Å²) >= 11 is 0. The van der Waals surface area contributed by atoms with Gasteiger partial charge in [-0.2, -0.15) is 0 Å². The summed E-state index contributed by atoms with van der Waals surface area (Å²) in [5.41, 5.74) is 1.31. The average molecular weight is 300 g/mol. The average Bonchev–Trinajstić information content (AvgIpc) is 2.47. The van der Waals surface area contributed by atoms with Gasteiger partial charge in [-0.15, -0.1) is 0 Å². The molecule has 0 fully saturated rings. The molecule has 0 saturated carbocycles. The van der Waals surface area contributed by atoms with Gasteiger partial charge in [-0.25, -0.2) is 23.4 Å². The van der Waals surface area contributed by atoms with Crippen LogP contribution in [0.15, 0.2) is 53.9 Å². The highest BCUT2D eigenvalue weighted by atomic mass is 32.2. The van der Waals surface area contributed by atoms with Crippen molar-refractivity contribution < 1.29 is 8.42 Å². The molecular weight excluding hydrogens is 288 g/mol. The molecule has 0 atom stereocenters. The zero-order valence-electron chi connectivity index (χ0n) is 11.2. The van der Waals surface area contributed by atoms with Gasteiger partial charge in [0.2, 0.25) is 15.0 Å². The highest BCUT2D eigenvalue weighted by molar-refractivity contribution is 7.90. The molecule has 0 aliphatic carbocycles. The lowest BCUT2D eigenvalue weighted by atomic mass is 10.3. The van der Waals surface area contributed by atoms with Gasteiger partial charge in [0.05, 0.1) is 0 Å². The number of aromatic nitrogens is 3. The van der Waals surface area contributed by atoms with E-state index in [0.29, 0.717) is 11.3 Å². The maximum atomic E-state index is 11.6. The fourth-order valence-corrected chi connectivity index (χ4v) is 2.37. The molecule has 0 unspecified atom stereocenters. The lowest BCUT2D eigenvalue weighted by Crippen LogP contribution is -2.05. The highest BCUT2D eigenvalue weighted by Gasteiger charge is 2.13. The van der Waals surface area contributed by atoms with E-state index in [-0.39, 0.29) is 5.16 Å². The van der Waals surface area contributed by atoms with E-state index in [2.05, 4.69) is 20.3 Å². The van der Waals surface area contributed by atoms with Crippen molar-refractivity contribution in [3.63, 3.8) is 0 Å². The fraction of sp³-hybridized carbons (Fsp3) is 0.0714. The number of hydrogen-bond acceptors (Lipinski definition) is 6. The Hall–Kier alpha value is -2.54. The molecule has 0 spiro atoms. The number of fused-ring (bicyclic) bond motifs is 1. The summed E-state index contributed by atoms with van der Waals surface area (Å²) in [4.78, 5) is 12.2. The summed E-state index contributed by atoms with van der Waals surface area (Å²) in [5.74, 6) is 0.492. The van der Waals surface area contributed by atoms with Crippen molar-refractivity contribution in [1.82, 2.24) is 15.0 Å². The van der Waals surface area contributed by atoms with Crippen LogP contribution in [0.2, 0.25) is 0 Å². The van der Waals surface area contributed by atoms with Crippen molar-refractivity contribution in [2.75, 3.05) is 11.6 Å². The van der Waals surface area contributed by atoms with Crippen molar-refractivity contribution in [1.29, 1.82) is 0 Å². The minimum atomic E-state index is -3.46. The minimum Gasteiger partial charge on any atom is -0.338 e. The van der Waals surface area contributed by atoms with Gasteiger partial charge in [0.15, 0.2) is 5.82 Å². The topological polar surface area (TPSA) is 84.8 Å². The predicted octanol–water partition coefficient (Wildman–Crippen LogP) is 2.17. The van der Waals surface area contributed by atoms with E-state index in [1.165, 1.54) is 6.20 Å². The van der Waals surface area contributed by atoms with Gasteiger partial charge < -0.3 is 5.32 Å². The normalized spacial score (nSPS) is 11.5. The number of pyridine rings is 1. The molecule has 1 N–H and O–H groups in total. The molecular formula is C14H12N4O2S. The summed E-state index contributed by atoms with van der Waals surface area (Å²) in [6, 6.07) is 11.2. The molecule has 2 aromatic heterocycles. The van der Waals surface area contributed by atoms with Crippen LogP contribution in [-0.4, -0.2) is 29.6 Å². The van der Waals surface area contributed by atoms with Gasteiger partial charge in [0.1, 0.15) is 5.52 Å². The van der Waals surface area contributed by atoms with E-state index in [0.717, 1.165) is 17.3 Å². The maximum absolute atomic E-state index is 11.6. The molecule has 0 aliphatic heterocycles. The molecule has 0 amide bonds. The lowest BCUT2D eigenvalue weighted by Gasteiger charge is -2.08. The Morgan fingerprint density at radius 1 is 1.05 bits per heavy atom. The zero-order chi connectivity index (χ0) is 14.9. The molecule has 0 aliphatic rings. The number of anilines is 2. The van der Waals surface area contributed by atoms with E-state index >= 15 is 0 Å². The maximum Gasteiger partial charge on any atom is 0.247 e. The Labute approximate surface area is 121 Å². The van der Waals surface area contributed by atoms with Gasteiger partial charge >= 0.3 is 0 Å².